The predicted molar refractivity (Wildman–Crippen MR) is 100 cm³/mol. The van der Waals surface area contributed by atoms with Crippen molar-refractivity contribution in [2.45, 2.75) is 0 Å². The van der Waals surface area contributed by atoms with E-state index in [1.165, 1.54) is 13.3 Å². The first-order valence-corrected chi connectivity index (χ1v) is 8.19. The van der Waals surface area contributed by atoms with Gasteiger partial charge in [-0.2, -0.15) is 10.4 Å². The normalized spacial score (nSPS) is 10.7. The number of benzene rings is 2. The number of fused-ring (bicyclic) bond motifs is 1. The summed E-state index contributed by atoms with van der Waals surface area (Å²) in [4.78, 5) is 12.1. The van der Waals surface area contributed by atoms with Gasteiger partial charge in [-0.25, -0.2) is 5.43 Å². The number of hydrogen-bond donors (Lipinski definition) is 1. The molecular formula is C19H14ClN3O4. The van der Waals surface area contributed by atoms with Gasteiger partial charge in [0.05, 0.1) is 18.3 Å². The fraction of sp³-hybridized carbons (Fsp3) is 0.105. The van der Waals surface area contributed by atoms with Crippen LogP contribution in [0.3, 0.4) is 0 Å². The third kappa shape index (κ3) is 4.19. The highest BCUT2D eigenvalue weighted by Crippen LogP contribution is 2.35. The molecule has 1 amide bonds. The Balaban J connectivity index is 1.72. The number of carbonyl (C=O) groups excluding carboxylic acids is 1. The minimum atomic E-state index is -0.477. The van der Waals surface area contributed by atoms with Crippen molar-refractivity contribution in [2.24, 2.45) is 5.10 Å². The summed E-state index contributed by atoms with van der Waals surface area (Å²) in [5.41, 5.74) is 3.59. The van der Waals surface area contributed by atoms with Gasteiger partial charge in [0.2, 0.25) is 0 Å². The third-order valence-corrected chi connectivity index (χ3v) is 3.84. The minimum absolute atomic E-state index is 0.156. The Morgan fingerprint density at radius 3 is 2.93 bits per heavy atom. The number of rotatable bonds is 6. The number of halogens is 1. The van der Waals surface area contributed by atoms with Crippen LogP contribution in [0, 0.1) is 11.3 Å². The molecule has 2 aromatic carbocycles. The maximum absolute atomic E-state index is 12.1. The highest BCUT2D eigenvalue weighted by atomic mass is 35.5. The molecule has 0 atom stereocenters. The molecule has 0 aliphatic carbocycles. The monoisotopic (exact) mass is 383 g/mol. The molecule has 8 heteroatoms. The summed E-state index contributed by atoms with van der Waals surface area (Å²) in [6.45, 7) is -0.156. The van der Waals surface area contributed by atoms with E-state index >= 15 is 0 Å². The van der Waals surface area contributed by atoms with E-state index in [4.69, 9.17) is 30.8 Å². The van der Waals surface area contributed by atoms with Crippen LogP contribution in [0.2, 0.25) is 5.02 Å². The second-order valence-corrected chi connectivity index (χ2v) is 5.74. The largest absolute Gasteiger partial charge is 0.493 e. The van der Waals surface area contributed by atoms with Crippen molar-refractivity contribution in [1.29, 1.82) is 5.26 Å². The molecule has 1 aromatic heterocycles. The molecule has 0 aliphatic heterocycles. The van der Waals surface area contributed by atoms with Crippen LogP contribution in [0.1, 0.15) is 16.1 Å². The van der Waals surface area contributed by atoms with Gasteiger partial charge in [0.25, 0.3) is 0 Å². The number of carbonyl (C=O) groups is 1. The first kappa shape index (κ1) is 18.3. The Labute approximate surface area is 159 Å². The number of nitrogens with one attached hydrogen (secondary N) is 1. The van der Waals surface area contributed by atoms with Crippen molar-refractivity contribution in [2.75, 3.05) is 13.7 Å². The Bertz CT molecular complexity index is 1020. The molecular weight excluding hydrogens is 370 g/mol. The molecule has 3 aromatic rings. The van der Waals surface area contributed by atoms with Gasteiger partial charge < -0.3 is 13.9 Å². The van der Waals surface area contributed by atoms with E-state index in [1.54, 1.807) is 24.3 Å². The topological polar surface area (TPSA) is 96.8 Å². The fourth-order valence-corrected chi connectivity index (χ4v) is 2.65. The van der Waals surface area contributed by atoms with E-state index in [0.717, 1.165) is 5.39 Å². The number of para-hydroxylation sites is 1. The Kier molecular flexibility index (Phi) is 5.59. The molecule has 27 heavy (non-hydrogen) atoms. The minimum Gasteiger partial charge on any atom is -0.493 e. The Hall–Kier alpha value is -3.50. The fourth-order valence-electron chi connectivity index (χ4n) is 2.37. The zero-order valence-corrected chi connectivity index (χ0v) is 15.0. The zero-order chi connectivity index (χ0) is 19.2. The van der Waals surface area contributed by atoms with Gasteiger partial charge in [-0.05, 0) is 29.8 Å². The summed E-state index contributed by atoms with van der Waals surface area (Å²) in [6, 6.07) is 14.0. The Morgan fingerprint density at radius 1 is 1.37 bits per heavy atom. The van der Waals surface area contributed by atoms with Crippen LogP contribution in [0.4, 0.5) is 0 Å². The standard InChI is InChI=1S/C19H14ClN3O4/c1-25-16-9-12(8-14(20)18(16)26-7-6-21)11-22-23-19(24)17-10-13-4-2-3-5-15(13)27-17/h2-5,8-11H,7H2,1H3,(H,23,24)/b22-11+. The van der Waals surface area contributed by atoms with Crippen LogP contribution in [0.15, 0.2) is 52.0 Å². The van der Waals surface area contributed by atoms with Crippen molar-refractivity contribution in [3.8, 4) is 17.6 Å². The van der Waals surface area contributed by atoms with E-state index in [9.17, 15) is 4.79 Å². The average Bonchev–Trinajstić information content (AvgIpc) is 3.11. The molecule has 1 N–H and O–H groups in total. The van der Waals surface area contributed by atoms with E-state index in [1.807, 2.05) is 24.3 Å². The van der Waals surface area contributed by atoms with Gasteiger partial charge in [-0.3, -0.25) is 4.79 Å². The summed E-state index contributed by atoms with van der Waals surface area (Å²) >= 11 is 6.15. The first-order chi connectivity index (χ1) is 13.1. The molecule has 136 valence electrons. The van der Waals surface area contributed by atoms with Gasteiger partial charge in [-0.1, -0.05) is 29.8 Å². The Morgan fingerprint density at radius 2 is 2.19 bits per heavy atom. The molecule has 0 spiro atoms. The molecule has 0 aliphatic rings. The van der Waals surface area contributed by atoms with Gasteiger partial charge in [0, 0.05) is 5.39 Å². The first-order valence-electron chi connectivity index (χ1n) is 7.81. The van der Waals surface area contributed by atoms with Crippen LogP contribution < -0.4 is 14.9 Å². The number of hydrogen-bond acceptors (Lipinski definition) is 6. The lowest BCUT2D eigenvalue weighted by Gasteiger charge is -2.11. The number of hydrazone groups is 1. The van der Waals surface area contributed by atoms with E-state index < -0.39 is 5.91 Å². The molecule has 0 saturated carbocycles. The van der Waals surface area contributed by atoms with E-state index in [2.05, 4.69) is 10.5 Å². The zero-order valence-electron chi connectivity index (χ0n) is 14.2. The second kappa shape index (κ2) is 8.25. The molecule has 0 unspecified atom stereocenters. The molecule has 3 rings (SSSR count). The molecule has 0 bridgehead atoms. The maximum atomic E-state index is 12.1. The van der Waals surface area contributed by atoms with E-state index in [0.29, 0.717) is 16.9 Å². The van der Waals surface area contributed by atoms with Gasteiger partial charge in [0.1, 0.15) is 11.7 Å². The number of ether oxygens (including phenoxy) is 2. The van der Waals surface area contributed by atoms with Crippen molar-refractivity contribution in [3.05, 3.63) is 58.8 Å². The molecule has 0 radical (unpaired) electrons. The van der Waals surface area contributed by atoms with Crippen LogP contribution >= 0.6 is 11.6 Å². The van der Waals surface area contributed by atoms with Gasteiger partial charge in [0.15, 0.2) is 23.9 Å². The third-order valence-electron chi connectivity index (χ3n) is 3.56. The number of amides is 1. The van der Waals surface area contributed by atoms with Crippen LogP contribution in [0.25, 0.3) is 11.0 Å². The highest BCUT2D eigenvalue weighted by Gasteiger charge is 2.13. The van der Waals surface area contributed by atoms with Gasteiger partial charge in [-0.15, -0.1) is 0 Å². The van der Waals surface area contributed by atoms with Crippen LogP contribution in [0.5, 0.6) is 11.5 Å². The number of nitriles is 1. The lowest BCUT2D eigenvalue weighted by Crippen LogP contribution is -2.16. The summed E-state index contributed by atoms with van der Waals surface area (Å²) in [7, 11) is 1.45. The number of nitrogens with zero attached hydrogens (tertiary/aromatic N) is 2. The molecule has 1 heterocycles. The lowest BCUT2D eigenvalue weighted by molar-refractivity contribution is 0.0929. The quantitative estimate of drug-likeness (QED) is 0.516. The summed E-state index contributed by atoms with van der Waals surface area (Å²) in [6.07, 6.45) is 1.41. The van der Waals surface area contributed by atoms with E-state index in [-0.39, 0.29) is 23.1 Å². The number of furan rings is 1. The smallest absolute Gasteiger partial charge is 0.307 e. The summed E-state index contributed by atoms with van der Waals surface area (Å²) in [5, 5.41) is 13.6. The van der Waals surface area contributed by atoms with Crippen molar-refractivity contribution < 1.29 is 18.7 Å². The van der Waals surface area contributed by atoms with Crippen molar-refractivity contribution in [3.63, 3.8) is 0 Å². The predicted octanol–water partition coefficient (Wildman–Crippen LogP) is 3.76. The van der Waals surface area contributed by atoms with Crippen LogP contribution in [-0.2, 0) is 0 Å². The van der Waals surface area contributed by atoms with Crippen molar-refractivity contribution in [1.82, 2.24) is 5.43 Å². The SMILES string of the molecule is COc1cc(/C=N/NC(=O)c2cc3ccccc3o2)cc(Cl)c1OCC#N. The van der Waals surface area contributed by atoms with Crippen LogP contribution in [-0.4, -0.2) is 25.8 Å². The lowest BCUT2D eigenvalue weighted by atomic mass is 10.2. The highest BCUT2D eigenvalue weighted by molar-refractivity contribution is 6.32. The summed E-state index contributed by atoms with van der Waals surface area (Å²) < 4.78 is 15.9. The molecule has 7 nitrogen and oxygen atoms in total. The summed E-state index contributed by atoms with van der Waals surface area (Å²) in [5.74, 6) is 0.297. The average molecular weight is 384 g/mol. The second-order valence-electron chi connectivity index (χ2n) is 5.33. The maximum Gasteiger partial charge on any atom is 0.307 e. The number of methoxy groups -OCH3 is 1. The van der Waals surface area contributed by atoms with Gasteiger partial charge >= 0.3 is 5.91 Å². The van der Waals surface area contributed by atoms with Crippen molar-refractivity contribution >= 4 is 34.7 Å². The molecule has 0 saturated heterocycles. The molecule has 0 fully saturated rings.